The highest BCUT2D eigenvalue weighted by atomic mass is 28.4. The molecule has 0 amide bonds. The molecule has 142 valence electrons. The van der Waals surface area contributed by atoms with E-state index in [9.17, 15) is 0 Å². The van der Waals surface area contributed by atoms with Crippen molar-refractivity contribution < 1.29 is 4.43 Å². The highest BCUT2D eigenvalue weighted by Gasteiger charge is 2.44. The molecule has 0 aliphatic carbocycles. The molecular weight excluding hydrogens is 350 g/mol. The topological polar surface area (TPSA) is 58.0 Å². The maximum absolute atomic E-state index is 9.01. The van der Waals surface area contributed by atoms with Crippen LogP contribution in [0.2, 0.25) is 18.1 Å². The average Bonchev–Trinajstić information content (AvgIpc) is 2.64. The lowest BCUT2D eigenvalue weighted by Gasteiger charge is -2.44. The third-order valence-electron chi connectivity index (χ3n) is 5.22. The Hall–Kier alpha value is -2.33. The molecule has 2 rings (SSSR count). The second-order valence-electron chi connectivity index (χ2n) is 8.25. The van der Waals surface area contributed by atoms with Crippen molar-refractivity contribution in [3.63, 3.8) is 0 Å². The molecule has 0 spiro atoms. The van der Waals surface area contributed by atoms with E-state index in [-0.39, 0.29) is 11.6 Å². The van der Waals surface area contributed by atoms with Crippen LogP contribution >= 0.6 is 0 Å². The number of hydrogen-bond donors (Lipinski definition) is 0. The number of benzene rings is 2. The maximum atomic E-state index is 9.01. The normalized spacial score (nSPS) is 14.6. The molecule has 0 aliphatic rings. The lowest BCUT2D eigenvalue weighted by molar-refractivity contribution is 0.110. The molecule has 2 aromatic rings. The van der Waals surface area contributed by atoms with Crippen LogP contribution < -0.4 is 0 Å². The zero-order valence-electron chi connectivity index (χ0n) is 16.9. The third-order valence-corrected chi connectivity index (χ3v) is 9.71. The molecule has 5 heteroatoms. The molecular formula is C22H29N3OSi. The van der Waals surface area contributed by atoms with E-state index in [1.54, 1.807) is 0 Å². The van der Waals surface area contributed by atoms with Crippen LogP contribution in [0.4, 0.5) is 0 Å². The van der Waals surface area contributed by atoms with Gasteiger partial charge in [0, 0.05) is 4.91 Å². The molecule has 1 unspecified atom stereocenters. The van der Waals surface area contributed by atoms with Crippen LogP contribution in [0.3, 0.4) is 0 Å². The monoisotopic (exact) mass is 379 g/mol. The summed E-state index contributed by atoms with van der Waals surface area (Å²) in [5, 5.41) is 3.96. The molecule has 2 aromatic carbocycles. The van der Waals surface area contributed by atoms with Gasteiger partial charge in [0.1, 0.15) is 5.60 Å². The lowest BCUT2D eigenvalue weighted by atomic mass is 9.92. The predicted molar refractivity (Wildman–Crippen MR) is 116 cm³/mol. The fourth-order valence-corrected chi connectivity index (χ4v) is 4.09. The molecule has 1 atom stereocenters. The molecule has 27 heavy (non-hydrogen) atoms. The summed E-state index contributed by atoms with van der Waals surface area (Å²) in [4.78, 5) is 3.02. The molecule has 0 bridgehead atoms. The van der Waals surface area contributed by atoms with Gasteiger partial charge >= 0.3 is 0 Å². The predicted octanol–water partition coefficient (Wildman–Crippen LogP) is 6.93. The zero-order chi connectivity index (χ0) is 20.0. The van der Waals surface area contributed by atoms with E-state index in [2.05, 4.69) is 43.9 Å². The van der Waals surface area contributed by atoms with Crippen molar-refractivity contribution >= 4 is 14.4 Å². The van der Waals surface area contributed by atoms with Gasteiger partial charge in [-0.05, 0) is 40.9 Å². The smallest absolute Gasteiger partial charge is 0.193 e. The van der Waals surface area contributed by atoms with Crippen molar-refractivity contribution in [1.29, 1.82) is 0 Å². The van der Waals surface area contributed by atoms with Crippen LogP contribution in [0.5, 0.6) is 0 Å². The van der Waals surface area contributed by atoms with Crippen molar-refractivity contribution in [3.05, 3.63) is 88.3 Å². The van der Waals surface area contributed by atoms with Crippen LogP contribution in [0, 0.1) is 0 Å². The highest BCUT2D eigenvalue weighted by Crippen LogP contribution is 2.43. The minimum absolute atomic E-state index is 0.0317. The SMILES string of the molecule is CC(C)(C)[Si](C)(C)OC(/C=C/c1ccccc1)(CN=[N+]=[N-])c1ccccc1. The zero-order valence-corrected chi connectivity index (χ0v) is 17.9. The number of nitrogens with zero attached hydrogens (tertiary/aromatic N) is 3. The molecule has 0 radical (unpaired) electrons. The van der Waals surface area contributed by atoms with Gasteiger partial charge in [0.25, 0.3) is 0 Å². The Morgan fingerprint density at radius 3 is 2.07 bits per heavy atom. The Labute approximate surface area is 163 Å². The molecule has 0 aromatic heterocycles. The van der Waals surface area contributed by atoms with Gasteiger partial charge in [0.2, 0.25) is 0 Å². The summed E-state index contributed by atoms with van der Waals surface area (Å²) in [6, 6.07) is 20.1. The van der Waals surface area contributed by atoms with Crippen LogP contribution in [0.15, 0.2) is 71.9 Å². The Morgan fingerprint density at radius 1 is 1.00 bits per heavy atom. The largest absolute Gasteiger partial charge is 0.404 e. The second kappa shape index (κ2) is 8.57. The average molecular weight is 380 g/mol. The molecule has 0 fully saturated rings. The molecule has 0 aliphatic heterocycles. The third kappa shape index (κ3) is 5.33. The van der Waals surface area contributed by atoms with Crippen LogP contribution in [0.1, 0.15) is 31.9 Å². The molecule has 0 N–H and O–H groups in total. The summed E-state index contributed by atoms with van der Waals surface area (Å²) in [5.74, 6) is 0. The molecule has 4 nitrogen and oxygen atoms in total. The molecule has 0 heterocycles. The Morgan fingerprint density at radius 2 is 1.56 bits per heavy atom. The van der Waals surface area contributed by atoms with E-state index < -0.39 is 13.9 Å². The first kappa shape index (κ1) is 21.0. The summed E-state index contributed by atoms with van der Waals surface area (Å²) in [6.45, 7) is 11.3. The fraction of sp³-hybridized carbons (Fsp3) is 0.364. The first-order valence-corrected chi connectivity index (χ1v) is 12.1. The Kier molecular flexibility index (Phi) is 6.66. The van der Waals surface area contributed by atoms with Gasteiger partial charge in [-0.3, -0.25) is 0 Å². The first-order valence-electron chi connectivity index (χ1n) is 9.21. The van der Waals surface area contributed by atoms with Crippen molar-refractivity contribution in [2.75, 3.05) is 6.54 Å². The summed E-state index contributed by atoms with van der Waals surface area (Å²) in [6.07, 6.45) is 4.10. The molecule has 0 saturated carbocycles. The van der Waals surface area contributed by atoms with Crippen molar-refractivity contribution in [2.45, 2.75) is 44.5 Å². The Bertz CT molecular complexity index is 806. The summed E-state index contributed by atoms with van der Waals surface area (Å²) in [7, 11) is -2.15. The van der Waals surface area contributed by atoms with Gasteiger partial charge in [-0.25, -0.2) is 0 Å². The van der Waals surface area contributed by atoms with E-state index in [1.165, 1.54) is 0 Å². The summed E-state index contributed by atoms with van der Waals surface area (Å²) < 4.78 is 6.89. The fourth-order valence-electron chi connectivity index (χ4n) is 2.63. The van der Waals surface area contributed by atoms with E-state index in [1.807, 2.05) is 72.8 Å². The van der Waals surface area contributed by atoms with Gasteiger partial charge in [-0.2, -0.15) is 0 Å². The summed E-state index contributed by atoms with van der Waals surface area (Å²) >= 11 is 0. The van der Waals surface area contributed by atoms with E-state index in [0.717, 1.165) is 11.1 Å². The van der Waals surface area contributed by atoms with Gasteiger partial charge in [0.05, 0.1) is 6.54 Å². The highest BCUT2D eigenvalue weighted by molar-refractivity contribution is 6.74. The molecule has 0 saturated heterocycles. The van der Waals surface area contributed by atoms with E-state index >= 15 is 0 Å². The van der Waals surface area contributed by atoms with E-state index in [4.69, 9.17) is 9.96 Å². The van der Waals surface area contributed by atoms with Gasteiger partial charge in [-0.15, -0.1) is 0 Å². The van der Waals surface area contributed by atoms with Gasteiger partial charge in [-0.1, -0.05) is 92.6 Å². The maximum Gasteiger partial charge on any atom is 0.193 e. The quantitative estimate of drug-likeness (QED) is 0.223. The first-order chi connectivity index (χ1) is 12.7. The number of rotatable bonds is 7. The Balaban J connectivity index is 2.59. The van der Waals surface area contributed by atoms with Gasteiger partial charge < -0.3 is 4.43 Å². The number of azide groups is 1. The standard InChI is InChI=1S/C22H29N3OSi/c1-21(2,3)27(4,5)26-22(18-24-25-23,20-14-10-7-11-15-20)17-16-19-12-8-6-9-13-19/h6-17H,18H2,1-5H3/b17-16+. The minimum atomic E-state index is -2.15. The number of hydrogen-bond acceptors (Lipinski definition) is 2. The van der Waals surface area contributed by atoms with Crippen molar-refractivity contribution in [1.82, 2.24) is 0 Å². The van der Waals surface area contributed by atoms with E-state index in [0.29, 0.717) is 0 Å². The summed E-state index contributed by atoms with van der Waals surface area (Å²) in [5.41, 5.74) is 10.3. The van der Waals surface area contributed by atoms with Gasteiger partial charge in [0.15, 0.2) is 8.32 Å². The van der Waals surface area contributed by atoms with Crippen molar-refractivity contribution in [2.24, 2.45) is 5.11 Å². The second-order valence-corrected chi connectivity index (χ2v) is 13.0. The van der Waals surface area contributed by atoms with Crippen molar-refractivity contribution in [3.8, 4) is 0 Å². The van der Waals surface area contributed by atoms with Crippen LogP contribution in [-0.4, -0.2) is 14.9 Å². The van der Waals surface area contributed by atoms with Crippen LogP contribution in [-0.2, 0) is 10.0 Å². The lowest BCUT2D eigenvalue weighted by Crippen LogP contribution is -2.49. The minimum Gasteiger partial charge on any atom is -0.404 e. The van der Waals surface area contributed by atoms with Crippen LogP contribution in [0.25, 0.3) is 16.5 Å².